The second-order valence-corrected chi connectivity index (χ2v) is 3.37. The van der Waals surface area contributed by atoms with Gasteiger partial charge in [-0.05, 0) is 19.1 Å². The molecule has 0 unspecified atom stereocenters. The van der Waals surface area contributed by atoms with Gasteiger partial charge in [-0.15, -0.1) is 0 Å². The summed E-state index contributed by atoms with van der Waals surface area (Å²) in [5.74, 6) is 0.824. The number of rotatable bonds is 4. The van der Waals surface area contributed by atoms with Crippen LogP contribution in [0.1, 0.15) is 6.92 Å². The van der Waals surface area contributed by atoms with Crippen LogP contribution in [0.3, 0.4) is 0 Å². The Morgan fingerprint density at radius 3 is 2.81 bits per heavy atom. The minimum absolute atomic E-state index is 0.119. The second kappa shape index (κ2) is 4.85. The third-order valence-corrected chi connectivity index (χ3v) is 2.39. The molecule has 84 valence electrons. The SMILES string of the molecule is CCN(CCO)c1ccc2nccnc2n1. The lowest BCUT2D eigenvalue weighted by atomic mass is 10.3. The van der Waals surface area contributed by atoms with E-state index in [2.05, 4.69) is 15.0 Å². The number of hydrogen-bond donors (Lipinski definition) is 1. The molecule has 0 fully saturated rings. The van der Waals surface area contributed by atoms with Gasteiger partial charge in [-0.2, -0.15) is 0 Å². The summed E-state index contributed by atoms with van der Waals surface area (Å²) in [4.78, 5) is 14.7. The Balaban J connectivity index is 2.37. The van der Waals surface area contributed by atoms with Crippen molar-refractivity contribution in [1.29, 1.82) is 0 Å². The molecule has 5 nitrogen and oxygen atoms in total. The highest BCUT2D eigenvalue weighted by atomic mass is 16.3. The van der Waals surface area contributed by atoms with Gasteiger partial charge in [-0.3, -0.25) is 4.98 Å². The van der Waals surface area contributed by atoms with Gasteiger partial charge in [0.25, 0.3) is 0 Å². The number of fused-ring (bicyclic) bond motifs is 1. The van der Waals surface area contributed by atoms with Crippen molar-refractivity contribution >= 4 is 17.0 Å². The Kier molecular flexibility index (Phi) is 3.26. The van der Waals surface area contributed by atoms with Crippen LogP contribution in [0.5, 0.6) is 0 Å². The number of hydrogen-bond acceptors (Lipinski definition) is 5. The van der Waals surface area contributed by atoms with E-state index in [1.807, 2.05) is 24.0 Å². The first-order chi connectivity index (χ1) is 7.85. The number of likely N-dealkylation sites (N-methyl/N-ethyl adjacent to an activating group) is 1. The first-order valence-corrected chi connectivity index (χ1v) is 5.28. The maximum Gasteiger partial charge on any atom is 0.180 e. The Labute approximate surface area is 93.8 Å². The van der Waals surface area contributed by atoms with E-state index >= 15 is 0 Å². The van der Waals surface area contributed by atoms with Crippen molar-refractivity contribution in [1.82, 2.24) is 15.0 Å². The second-order valence-electron chi connectivity index (χ2n) is 3.37. The van der Waals surface area contributed by atoms with Crippen molar-refractivity contribution in [3.8, 4) is 0 Å². The van der Waals surface area contributed by atoms with Crippen LogP contribution < -0.4 is 4.90 Å². The van der Waals surface area contributed by atoms with E-state index in [0.717, 1.165) is 17.9 Å². The summed E-state index contributed by atoms with van der Waals surface area (Å²) in [6, 6.07) is 3.79. The minimum Gasteiger partial charge on any atom is -0.395 e. The summed E-state index contributed by atoms with van der Waals surface area (Å²) in [5, 5.41) is 8.94. The van der Waals surface area contributed by atoms with E-state index < -0.39 is 0 Å². The molecule has 1 N–H and O–H groups in total. The van der Waals surface area contributed by atoms with Crippen molar-refractivity contribution in [2.45, 2.75) is 6.92 Å². The fraction of sp³-hybridized carbons (Fsp3) is 0.364. The molecule has 0 atom stereocenters. The van der Waals surface area contributed by atoms with Crippen LogP contribution in [0, 0.1) is 0 Å². The van der Waals surface area contributed by atoms with Gasteiger partial charge in [-0.25, -0.2) is 9.97 Å². The summed E-state index contributed by atoms with van der Waals surface area (Å²) in [6.45, 7) is 3.53. The first-order valence-electron chi connectivity index (χ1n) is 5.28. The van der Waals surface area contributed by atoms with Crippen molar-refractivity contribution in [3.63, 3.8) is 0 Å². The maximum atomic E-state index is 8.94. The van der Waals surface area contributed by atoms with Gasteiger partial charge >= 0.3 is 0 Å². The molecular weight excluding hydrogens is 204 g/mol. The van der Waals surface area contributed by atoms with Crippen LogP contribution in [0.4, 0.5) is 5.82 Å². The molecule has 0 aromatic carbocycles. The smallest absolute Gasteiger partial charge is 0.180 e. The maximum absolute atomic E-state index is 8.94. The lowest BCUT2D eigenvalue weighted by Crippen LogP contribution is -2.27. The van der Waals surface area contributed by atoms with Crippen LogP contribution >= 0.6 is 0 Å². The monoisotopic (exact) mass is 218 g/mol. The molecule has 0 spiro atoms. The van der Waals surface area contributed by atoms with Crippen LogP contribution in [0.15, 0.2) is 24.5 Å². The zero-order valence-electron chi connectivity index (χ0n) is 9.17. The average Bonchev–Trinajstić information content (AvgIpc) is 2.35. The lowest BCUT2D eigenvalue weighted by molar-refractivity contribution is 0.302. The topological polar surface area (TPSA) is 62.1 Å². The third-order valence-electron chi connectivity index (χ3n) is 2.39. The van der Waals surface area contributed by atoms with Crippen LogP contribution in [0.25, 0.3) is 11.2 Å². The summed E-state index contributed by atoms with van der Waals surface area (Å²) < 4.78 is 0. The van der Waals surface area contributed by atoms with Crippen molar-refractivity contribution < 1.29 is 5.11 Å². The molecule has 0 aliphatic carbocycles. The van der Waals surface area contributed by atoms with E-state index in [4.69, 9.17) is 5.11 Å². The molecule has 0 bridgehead atoms. The third kappa shape index (κ3) is 2.09. The first kappa shape index (κ1) is 10.8. The number of aliphatic hydroxyl groups excluding tert-OH is 1. The molecule has 2 aromatic rings. The van der Waals surface area contributed by atoms with Crippen molar-refractivity contribution in [2.24, 2.45) is 0 Å². The number of pyridine rings is 1. The zero-order valence-corrected chi connectivity index (χ0v) is 9.17. The van der Waals surface area contributed by atoms with Crippen LogP contribution in [-0.4, -0.2) is 39.8 Å². The van der Waals surface area contributed by atoms with Gasteiger partial charge in [0, 0.05) is 25.5 Å². The van der Waals surface area contributed by atoms with E-state index in [9.17, 15) is 0 Å². The number of anilines is 1. The van der Waals surface area contributed by atoms with Crippen LogP contribution in [0.2, 0.25) is 0 Å². The summed E-state index contributed by atoms with van der Waals surface area (Å²) in [6.07, 6.45) is 3.27. The van der Waals surface area contributed by atoms with E-state index in [1.54, 1.807) is 12.4 Å². The van der Waals surface area contributed by atoms with E-state index in [-0.39, 0.29) is 6.61 Å². The van der Waals surface area contributed by atoms with Crippen molar-refractivity contribution in [3.05, 3.63) is 24.5 Å². The average molecular weight is 218 g/mol. The molecule has 0 aliphatic rings. The summed E-state index contributed by atoms with van der Waals surface area (Å²) in [7, 11) is 0. The van der Waals surface area contributed by atoms with Gasteiger partial charge < -0.3 is 10.0 Å². The van der Waals surface area contributed by atoms with Gasteiger partial charge in [0.15, 0.2) is 5.65 Å². The van der Waals surface area contributed by atoms with Gasteiger partial charge in [0.2, 0.25) is 0 Å². The molecule has 2 heterocycles. The molecule has 0 saturated carbocycles. The predicted octanol–water partition coefficient (Wildman–Crippen LogP) is 0.843. The van der Waals surface area contributed by atoms with Gasteiger partial charge in [-0.1, -0.05) is 0 Å². The summed E-state index contributed by atoms with van der Waals surface area (Å²) >= 11 is 0. The largest absolute Gasteiger partial charge is 0.395 e. The molecule has 2 aromatic heterocycles. The molecule has 0 saturated heterocycles. The quantitative estimate of drug-likeness (QED) is 0.824. The Hall–Kier alpha value is -1.75. The Morgan fingerprint density at radius 2 is 2.06 bits per heavy atom. The van der Waals surface area contributed by atoms with E-state index in [1.165, 1.54) is 0 Å². The zero-order chi connectivity index (χ0) is 11.4. The lowest BCUT2D eigenvalue weighted by Gasteiger charge is -2.20. The van der Waals surface area contributed by atoms with Gasteiger partial charge in [0.05, 0.1) is 6.61 Å². The molecule has 0 radical (unpaired) electrons. The molecule has 16 heavy (non-hydrogen) atoms. The number of aliphatic hydroxyl groups is 1. The Bertz CT molecular complexity index is 474. The number of aromatic nitrogens is 3. The predicted molar refractivity (Wildman–Crippen MR) is 62.3 cm³/mol. The Morgan fingerprint density at radius 1 is 1.25 bits per heavy atom. The molecule has 0 amide bonds. The minimum atomic E-state index is 0.119. The molecule has 5 heteroatoms. The molecule has 0 aliphatic heterocycles. The normalized spacial score (nSPS) is 10.6. The van der Waals surface area contributed by atoms with Crippen LogP contribution in [-0.2, 0) is 0 Å². The highest BCUT2D eigenvalue weighted by molar-refractivity contribution is 5.71. The molecule has 2 rings (SSSR count). The number of nitrogens with zero attached hydrogens (tertiary/aromatic N) is 4. The fourth-order valence-electron chi connectivity index (χ4n) is 1.58. The van der Waals surface area contributed by atoms with E-state index in [0.29, 0.717) is 12.2 Å². The van der Waals surface area contributed by atoms with Crippen molar-refractivity contribution in [2.75, 3.05) is 24.6 Å². The van der Waals surface area contributed by atoms with Gasteiger partial charge in [0.1, 0.15) is 11.3 Å². The highest BCUT2D eigenvalue weighted by Crippen LogP contribution is 2.14. The fourth-order valence-corrected chi connectivity index (χ4v) is 1.58. The standard InChI is InChI=1S/C11H14N4O/c1-2-15(7-8-16)10-4-3-9-11(14-10)13-6-5-12-9/h3-6,16H,2,7-8H2,1H3. The molecular formula is C11H14N4O. The summed E-state index contributed by atoms with van der Waals surface area (Å²) in [5.41, 5.74) is 1.42. The highest BCUT2D eigenvalue weighted by Gasteiger charge is 2.06.